The molecule has 0 unspecified atom stereocenters. The normalized spacial score (nSPS) is 11.6. The number of carbonyl (C=O) groups is 2. The summed E-state index contributed by atoms with van der Waals surface area (Å²) in [7, 11) is 0. The summed E-state index contributed by atoms with van der Waals surface area (Å²) in [6, 6.07) is 23.6. The van der Waals surface area contributed by atoms with Gasteiger partial charge in [0.2, 0.25) is 11.8 Å². The van der Waals surface area contributed by atoms with Gasteiger partial charge < -0.3 is 10.2 Å². The molecule has 0 spiro atoms. The summed E-state index contributed by atoms with van der Waals surface area (Å²) in [6.07, 6.45) is 1.58. The molecule has 0 saturated carbocycles. The first-order valence-corrected chi connectivity index (χ1v) is 12.1. The number of amides is 2. The highest BCUT2D eigenvalue weighted by atomic mass is 16.2. The van der Waals surface area contributed by atoms with E-state index in [9.17, 15) is 9.59 Å². The van der Waals surface area contributed by atoms with Crippen LogP contribution in [0, 0.1) is 20.8 Å². The van der Waals surface area contributed by atoms with Gasteiger partial charge in [-0.05, 0) is 55.0 Å². The van der Waals surface area contributed by atoms with Crippen LogP contribution in [0.1, 0.15) is 46.7 Å². The molecule has 0 aromatic heterocycles. The summed E-state index contributed by atoms with van der Waals surface area (Å²) < 4.78 is 0. The summed E-state index contributed by atoms with van der Waals surface area (Å²) in [5.74, 6) is -0.150. The second-order valence-corrected chi connectivity index (χ2v) is 9.10. The van der Waals surface area contributed by atoms with Crippen molar-refractivity contribution in [2.75, 3.05) is 6.54 Å². The monoisotopic (exact) mass is 456 g/mol. The summed E-state index contributed by atoms with van der Waals surface area (Å²) in [6.45, 7) is 9.18. The molecule has 4 nitrogen and oxygen atoms in total. The molecular weight excluding hydrogens is 420 g/mol. The van der Waals surface area contributed by atoms with Gasteiger partial charge in [0.15, 0.2) is 0 Å². The van der Waals surface area contributed by atoms with Crippen molar-refractivity contribution in [3.8, 4) is 0 Å². The van der Waals surface area contributed by atoms with Gasteiger partial charge in [-0.1, -0.05) is 85.3 Å². The van der Waals surface area contributed by atoms with Crippen molar-refractivity contribution >= 4 is 11.8 Å². The van der Waals surface area contributed by atoms with E-state index in [0.717, 1.165) is 28.7 Å². The number of nitrogens with one attached hydrogen (secondary N) is 1. The Labute approximate surface area is 204 Å². The lowest BCUT2D eigenvalue weighted by atomic mass is 10.00. The van der Waals surface area contributed by atoms with Crippen LogP contribution in [0.25, 0.3) is 0 Å². The Morgan fingerprint density at radius 1 is 0.824 bits per heavy atom. The van der Waals surface area contributed by atoms with Gasteiger partial charge in [0.25, 0.3) is 0 Å². The molecule has 1 atom stereocenters. The van der Waals surface area contributed by atoms with Crippen LogP contribution in [0.2, 0.25) is 0 Å². The van der Waals surface area contributed by atoms with E-state index in [1.807, 2.05) is 74.5 Å². The first kappa shape index (κ1) is 25.2. The smallest absolute Gasteiger partial charge is 0.243 e. The maximum absolute atomic E-state index is 13.7. The van der Waals surface area contributed by atoms with Gasteiger partial charge in [0.05, 0.1) is 6.42 Å². The third-order valence-electron chi connectivity index (χ3n) is 6.22. The lowest BCUT2D eigenvalue weighted by molar-refractivity contribution is -0.140. The van der Waals surface area contributed by atoms with E-state index in [0.29, 0.717) is 19.5 Å². The summed E-state index contributed by atoms with van der Waals surface area (Å²) >= 11 is 0. The summed E-state index contributed by atoms with van der Waals surface area (Å²) in [5, 5.41) is 3.03. The van der Waals surface area contributed by atoms with E-state index < -0.39 is 6.04 Å². The van der Waals surface area contributed by atoms with E-state index in [1.165, 1.54) is 11.1 Å². The Balaban J connectivity index is 1.95. The largest absolute Gasteiger partial charge is 0.354 e. The molecule has 178 valence electrons. The van der Waals surface area contributed by atoms with Crippen LogP contribution >= 0.6 is 0 Å². The Hall–Kier alpha value is -3.40. The van der Waals surface area contributed by atoms with Gasteiger partial charge in [-0.15, -0.1) is 0 Å². The number of nitrogens with zero attached hydrogens (tertiary/aromatic N) is 1. The van der Waals surface area contributed by atoms with Crippen molar-refractivity contribution in [1.82, 2.24) is 10.2 Å². The predicted octanol–water partition coefficient (Wildman–Crippen LogP) is 5.32. The molecule has 1 N–H and O–H groups in total. The molecule has 3 rings (SSSR count). The molecule has 0 aliphatic carbocycles. The lowest BCUT2D eigenvalue weighted by Gasteiger charge is -2.32. The van der Waals surface area contributed by atoms with Crippen LogP contribution in [-0.4, -0.2) is 29.3 Å². The molecule has 0 fully saturated rings. The zero-order valence-corrected chi connectivity index (χ0v) is 20.8. The van der Waals surface area contributed by atoms with Crippen LogP contribution in [0.4, 0.5) is 0 Å². The fourth-order valence-corrected chi connectivity index (χ4v) is 4.00. The molecule has 2 amide bonds. The third-order valence-corrected chi connectivity index (χ3v) is 6.22. The Kier molecular flexibility index (Phi) is 9.03. The average Bonchev–Trinajstić information content (AvgIpc) is 2.84. The number of hydrogen-bond acceptors (Lipinski definition) is 2. The SMILES string of the molecule is CCCNC(=O)[C@H](Cc1ccccc1)N(Cc1ccc(C)cc1)C(=O)Cc1ccc(C)c(C)c1. The number of aryl methyl sites for hydroxylation is 3. The Morgan fingerprint density at radius 3 is 2.15 bits per heavy atom. The van der Waals surface area contributed by atoms with Crippen molar-refractivity contribution in [3.63, 3.8) is 0 Å². The number of rotatable bonds is 10. The predicted molar refractivity (Wildman–Crippen MR) is 139 cm³/mol. The van der Waals surface area contributed by atoms with Gasteiger partial charge in [-0.25, -0.2) is 0 Å². The van der Waals surface area contributed by atoms with Crippen molar-refractivity contribution in [2.45, 2.75) is 59.5 Å². The highest BCUT2D eigenvalue weighted by Gasteiger charge is 2.30. The molecule has 34 heavy (non-hydrogen) atoms. The highest BCUT2D eigenvalue weighted by molar-refractivity contribution is 5.88. The quantitative estimate of drug-likeness (QED) is 0.449. The molecule has 0 aliphatic rings. The summed E-state index contributed by atoms with van der Waals surface area (Å²) in [4.78, 5) is 28.8. The van der Waals surface area contributed by atoms with Crippen molar-refractivity contribution in [3.05, 3.63) is 106 Å². The van der Waals surface area contributed by atoms with Gasteiger partial charge in [-0.2, -0.15) is 0 Å². The standard InChI is InChI=1S/C30H36N2O2/c1-5-17-31-30(34)28(19-25-9-7-6-8-10-25)32(21-26-14-11-22(2)12-15-26)29(33)20-27-16-13-23(3)24(4)18-27/h6-16,18,28H,5,17,19-21H2,1-4H3,(H,31,34)/t28-/m0/s1. The number of benzene rings is 3. The van der Waals surface area contributed by atoms with Crippen molar-refractivity contribution in [2.24, 2.45) is 0 Å². The molecule has 3 aromatic rings. The van der Waals surface area contributed by atoms with E-state index in [-0.39, 0.29) is 18.2 Å². The van der Waals surface area contributed by atoms with E-state index >= 15 is 0 Å². The van der Waals surface area contributed by atoms with Gasteiger partial charge in [-0.3, -0.25) is 9.59 Å². The Bertz CT molecular complexity index is 1090. The van der Waals surface area contributed by atoms with E-state index in [2.05, 4.69) is 31.3 Å². The van der Waals surface area contributed by atoms with Gasteiger partial charge in [0, 0.05) is 19.5 Å². The lowest BCUT2D eigenvalue weighted by Crippen LogP contribution is -2.51. The first-order chi connectivity index (χ1) is 16.4. The van der Waals surface area contributed by atoms with E-state index in [4.69, 9.17) is 0 Å². The maximum atomic E-state index is 13.7. The zero-order chi connectivity index (χ0) is 24.5. The minimum atomic E-state index is -0.589. The Morgan fingerprint density at radius 2 is 1.50 bits per heavy atom. The fraction of sp³-hybridized carbons (Fsp3) is 0.333. The topological polar surface area (TPSA) is 49.4 Å². The van der Waals surface area contributed by atoms with Crippen LogP contribution in [0.15, 0.2) is 72.8 Å². The maximum Gasteiger partial charge on any atom is 0.243 e. The number of hydrogen-bond donors (Lipinski definition) is 1. The average molecular weight is 457 g/mol. The van der Waals surface area contributed by atoms with E-state index in [1.54, 1.807) is 4.90 Å². The number of carbonyl (C=O) groups excluding carboxylic acids is 2. The molecule has 0 heterocycles. The molecule has 0 aliphatic heterocycles. The summed E-state index contributed by atoms with van der Waals surface area (Å²) in [5.41, 5.74) is 6.55. The highest BCUT2D eigenvalue weighted by Crippen LogP contribution is 2.18. The minimum Gasteiger partial charge on any atom is -0.354 e. The molecular formula is C30H36N2O2. The second kappa shape index (κ2) is 12.2. The molecule has 3 aromatic carbocycles. The van der Waals surface area contributed by atoms with Crippen molar-refractivity contribution in [1.29, 1.82) is 0 Å². The van der Waals surface area contributed by atoms with Crippen LogP contribution in [-0.2, 0) is 29.0 Å². The van der Waals surface area contributed by atoms with Crippen LogP contribution in [0.5, 0.6) is 0 Å². The molecule has 4 heteroatoms. The third kappa shape index (κ3) is 7.05. The first-order valence-electron chi connectivity index (χ1n) is 12.1. The molecule has 0 saturated heterocycles. The minimum absolute atomic E-state index is 0.0450. The molecule has 0 bridgehead atoms. The fourth-order valence-electron chi connectivity index (χ4n) is 4.00. The van der Waals surface area contributed by atoms with Crippen LogP contribution in [0.3, 0.4) is 0 Å². The molecule has 0 radical (unpaired) electrons. The van der Waals surface area contributed by atoms with Crippen LogP contribution < -0.4 is 5.32 Å². The second-order valence-electron chi connectivity index (χ2n) is 9.10. The zero-order valence-electron chi connectivity index (χ0n) is 20.8. The van der Waals surface area contributed by atoms with Gasteiger partial charge in [0.1, 0.15) is 6.04 Å². The van der Waals surface area contributed by atoms with Crippen molar-refractivity contribution < 1.29 is 9.59 Å². The van der Waals surface area contributed by atoms with Gasteiger partial charge >= 0.3 is 0 Å².